The number of aromatic nitrogens is 1. The fraction of sp³-hybridized carbons (Fsp3) is 0.547. The van der Waals surface area contributed by atoms with Crippen molar-refractivity contribution in [1.29, 1.82) is 0 Å². The Balaban J connectivity index is 0.833. The Morgan fingerprint density at radius 2 is 1.17 bits per heavy atom. The molecule has 3 fully saturated rings. The van der Waals surface area contributed by atoms with E-state index in [0.717, 1.165) is 12.8 Å². The number of allylic oxidation sites excluding steroid dienone is 2. The van der Waals surface area contributed by atoms with Crippen molar-refractivity contribution >= 4 is 70.8 Å². The Kier molecular flexibility index (Phi) is 24.1. The van der Waals surface area contributed by atoms with Crippen LogP contribution in [0.15, 0.2) is 69.7 Å². The van der Waals surface area contributed by atoms with Gasteiger partial charge < -0.3 is 57.3 Å². The molecule has 470 valence electrons. The number of carbonyl (C=O) groups is 6. The summed E-state index contributed by atoms with van der Waals surface area (Å²) in [7, 11) is 5.01. The minimum absolute atomic E-state index is 0.0149. The normalized spacial score (nSPS) is 19.0. The lowest BCUT2D eigenvalue weighted by atomic mass is 10.1. The van der Waals surface area contributed by atoms with Gasteiger partial charge >= 0.3 is 0 Å². The summed E-state index contributed by atoms with van der Waals surface area (Å²) in [5.74, 6) is 1.22. The van der Waals surface area contributed by atoms with Crippen LogP contribution in [0.25, 0.3) is 0 Å². The average Bonchev–Trinajstić information content (AvgIpc) is 3.37. The molecule has 22 nitrogen and oxygen atoms in total. The van der Waals surface area contributed by atoms with E-state index in [0.29, 0.717) is 155 Å². The molecule has 1 aromatic heterocycles. The number of ketones is 2. The maximum absolute atomic E-state index is 13.8. The summed E-state index contributed by atoms with van der Waals surface area (Å²) in [5.41, 5.74) is 5.19. The van der Waals surface area contributed by atoms with E-state index in [1.165, 1.54) is 49.0 Å². The van der Waals surface area contributed by atoms with Crippen molar-refractivity contribution in [3.63, 3.8) is 0 Å². The minimum atomic E-state index is -0.568. The zero-order valence-corrected chi connectivity index (χ0v) is 52.2. The largest absolute Gasteiger partial charge is 0.493 e. The molecule has 3 atom stereocenters. The standard InChI is InChI=1S/C64H83N7O15S/c1-9-43-26-47-35-65-53-32-57(55(78-7)30-51(53)61(75)70(47)37-43)85-39-45-28-50(29-46(67-45)40-86-58-33-54-52(31-56(58)79-8)62(76)71-38-44(10-2)27-48(71)36-66-54)84-19-16-68(6)41-64(4,5)87-59-34-60(74)69(63(59)77)15-13-49(73)12-11-17-80-20-22-82-24-25-83-23-21-81-18-14-42(3)72/h9-10,28-33,35-36,47-48,59H,11-27,34,37-41H2,1-8H3/b43-9+,44-10+/t47-,48-,59?/m0/s1. The zero-order valence-electron chi connectivity index (χ0n) is 51.4. The van der Waals surface area contributed by atoms with Crippen molar-refractivity contribution in [3.05, 3.63) is 82.2 Å². The second-order valence-corrected chi connectivity index (χ2v) is 24.5. The number of carbonyl (C=O) groups excluding carboxylic acids is 6. The first-order valence-corrected chi connectivity index (χ1v) is 30.7. The van der Waals surface area contributed by atoms with Gasteiger partial charge in [-0.15, -0.1) is 11.8 Å². The first-order valence-electron chi connectivity index (χ1n) is 29.8. The van der Waals surface area contributed by atoms with Gasteiger partial charge in [-0.05, 0) is 73.1 Å². The number of methoxy groups -OCH3 is 2. The van der Waals surface area contributed by atoms with Gasteiger partial charge in [0, 0.05) is 106 Å². The van der Waals surface area contributed by atoms with Gasteiger partial charge in [0.25, 0.3) is 11.8 Å². The van der Waals surface area contributed by atoms with Gasteiger partial charge in [-0.3, -0.25) is 48.6 Å². The highest BCUT2D eigenvalue weighted by molar-refractivity contribution is 8.02. The van der Waals surface area contributed by atoms with Crippen LogP contribution >= 0.6 is 11.8 Å². The van der Waals surface area contributed by atoms with E-state index in [1.807, 2.05) is 69.1 Å². The monoisotopic (exact) mass is 1220 g/mol. The molecule has 6 heterocycles. The fourth-order valence-electron chi connectivity index (χ4n) is 10.8. The zero-order chi connectivity index (χ0) is 62.0. The lowest BCUT2D eigenvalue weighted by molar-refractivity contribution is -0.138. The smallest absolute Gasteiger partial charge is 0.257 e. The number of nitrogens with zero attached hydrogens (tertiary/aromatic N) is 7. The number of likely N-dealkylation sites (tertiary alicyclic amines) is 1. The van der Waals surface area contributed by atoms with Crippen molar-refractivity contribution in [2.75, 3.05) is 113 Å². The second kappa shape index (κ2) is 31.8. The molecule has 23 heteroatoms. The number of hydrogen-bond acceptors (Lipinski definition) is 20. The summed E-state index contributed by atoms with van der Waals surface area (Å²) in [6.07, 6.45) is 10.5. The molecule has 0 N–H and O–H groups in total. The Bertz CT molecular complexity index is 2960. The van der Waals surface area contributed by atoms with Crippen molar-refractivity contribution in [1.82, 2.24) is 24.6 Å². The summed E-state index contributed by atoms with van der Waals surface area (Å²) in [4.78, 5) is 99.4. The third kappa shape index (κ3) is 18.3. The number of ether oxygens (including phenoxy) is 9. The van der Waals surface area contributed by atoms with Gasteiger partial charge in [-0.2, -0.15) is 0 Å². The summed E-state index contributed by atoms with van der Waals surface area (Å²) in [5, 5.41) is -0.568. The number of benzene rings is 2. The van der Waals surface area contributed by atoms with Crippen LogP contribution in [0.4, 0.5) is 11.4 Å². The van der Waals surface area contributed by atoms with E-state index in [1.54, 1.807) is 36.4 Å². The number of hydrogen-bond donors (Lipinski definition) is 0. The highest BCUT2D eigenvalue weighted by atomic mass is 32.2. The molecule has 0 saturated carbocycles. The Hall–Kier alpha value is -7.02. The molecule has 0 bridgehead atoms. The van der Waals surface area contributed by atoms with Crippen LogP contribution in [0, 0.1) is 0 Å². The highest BCUT2D eigenvalue weighted by Crippen LogP contribution is 2.42. The maximum atomic E-state index is 13.8. The summed E-state index contributed by atoms with van der Waals surface area (Å²) in [6, 6.07) is 10.1. The number of amides is 4. The molecule has 0 spiro atoms. The van der Waals surface area contributed by atoms with Crippen LogP contribution in [-0.2, 0) is 51.3 Å². The van der Waals surface area contributed by atoms with Gasteiger partial charge in [0.15, 0.2) is 23.0 Å². The molecule has 4 amide bonds. The quantitative estimate of drug-likeness (QED) is 0.0311. The van der Waals surface area contributed by atoms with E-state index in [-0.39, 0.29) is 92.9 Å². The molecule has 2 aromatic carbocycles. The molecule has 87 heavy (non-hydrogen) atoms. The first-order chi connectivity index (χ1) is 42.0. The van der Waals surface area contributed by atoms with Crippen LogP contribution in [0.5, 0.6) is 28.7 Å². The summed E-state index contributed by atoms with van der Waals surface area (Å²) >= 11 is 1.45. The number of pyridine rings is 1. The van der Waals surface area contributed by atoms with Crippen molar-refractivity contribution < 1.29 is 71.4 Å². The maximum Gasteiger partial charge on any atom is 0.257 e. The lowest BCUT2D eigenvalue weighted by Crippen LogP contribution is -2.39. The number of likely N-dealkylation sites (N-methyl/N-ethyl adjacent to an activating group) is 1. The molecule has 1 unspecified atom stereocenters. The second-order valence-electron chi connectivity index (χ2n) is 22.6. The minimum Gasteiger partial charge on any atom is -0.493 e. The third-order valence-electron chi connectivity index (χ3n) is 15.4. The number of imide groups is 1. The van der Waals surface area contributed by atoms with Gasteiger partial charge in [-0.1, -0.05) is 23.3 Å². The van der Waals surface area contributed by atoms with Gasteiger partial charge in [0.05, 0.1) is 112 Å². The molecule has 8 rings (SSSR count). The first kappa shape index (κ1) is 65.9. The molecular weight excluding hydrogens is 1140 g/mol. The third-order valence-corrected chi connectivity index (χ3v) is 16.8. The van der Waals surface area contributed by atoms with Crippen molar-refractivity contribution in [2.24, 2.45) is 9.98 Å². The molecule has 3 saturated heterocycles. The predicted molar refractivity (Wildman–Crippen MR) is 329 cm³/mol. The Morgan fingerprint density at radius 3 is 1.68 bits per heavy atom. The van der Waals surface area contributed by atoms with Crippen LogP contribution in [0.1, 0.15) is 112 Å². The summed E-state index contributed by atoms with van der Waals surface area (Å²) < 4.78 is 52.2. The van der Waals surface area contributed by atoms with E-state index in [9.17, 15) is 28.8 Å². The number of rotatable bonds is 35. The molecule has 0 aliphatic carbocycles. The fourth-order valence-corrected chi connectivity index (χ4v) is 12.4. The highest BCUT2D eigenvalue weighted by Gasteiger charge is 2.42. The molecule has 5 aliphatic heterocycles. The Morgan fingerprint density at radius 1 is 0.655 bits per heavy atom. The molecule has 5 aliphatic rings. The van der Waals surface area contributed by atoms with E-state index in [2.05, 4.69) is 4.90 Å². The molecule has 0 radical (unpaired) electrons. The molecule has 3 aromatic rings. The Labute approximate surface area is 513 Å². The number of aliphatic imine (C=N–C) groups is 2. The van der Waals surface area contributed by atoms with Crippen molar-refractivity contribution in [2.45, 2.75) is 115 Å². The van der Waals surface area contributed by atoms with Crippen LogP contribution in [0.3, 0.4) is 0 Å². The van der Waals surface area contributed by atoms with Crippen molar-refractivity contribution in [3.8, 4) is 28.7 Å². The topological polar surface area (TPSA) is 236 Å². The van der Waals surface area contributed by atoms with Crippen LogP contribution < -0.4 is 23.7 Å². The van der Waals surface area contributed by atoms with Crippen LogP contribution in [0.2, 0.25) is 0 Å². The SMILES string of the molecule is C/C=C1\C[C@H]2C=Nc3cc(OCc4cc(OCCN(C)CC(C)(C)SC5CC(=O)N(CCC(=O)CCCOCCOCCOCCOCCC(C)=O)C5=O)cc(COc5cc6c(cc5OC)C(=O)N5C/C(=C/C)C[C@H]5C=N6)n4)c(OC)cc3C(=O)N2C1. The predicted octanol–water partition coefficient (Wildman–Crippen LogP) is 7.75. The van der Waals surface area contributed by atoms with Gasteiger partial charge in [-0.25, -0.2) is 0 Å². The van der Waals surface area contributed by atoms with E-state index < -0.39 is 10.00 Å². The average molecular weight is 1220 g/mol. The van der Waals surface area contributed by atoms with E-state index in [4.69, 9.17) is 57.6 Å². The van der Waals surface area contributed by atoms with Gasteiger partial charge in [0.2, 0.25) is 11.8 Å². The summed E-state index contributed by atoms with van der Waals surface area (Å²) in [6.45, 7) is 15.3. The molecular formula is C64H83N7O15S. The number of fused-ring (bicyclic) bond motifs is 4. The van der Waals surface area contributed by atoms with Crippen LogP contribution in [-0.4, -0.2) is 208 Å². The van der Waals surface area contributed by atoms with E-state index >= 15 is 0 Å². The lowest BCUT2D eigenvalue weighted by Gasteiger charge is -2.31. The van der Waals surface area contributed by atoms with Gasteiger partial charge in [0.1, 0.15) is 37.1 Å². The number of Topliss-reactive ketones (excluding diaryl/α,β-unsaturated/α-hetero) is 2. The number of thioether (sulfide) groups is 1.